The van der Waals surface area contributed by atoms with Gasteiger partial charge in [-0.1, -0.05) is 11.6 Å². The molecule has 1 aromatic heterocycles. The quantitative estimate of drug-likeness (QED) is 0.445. The molecule has 4 nitrogen and oxygen atoms in total. The number of hydrogen-bond donors (Lipinski definition) is 0. The first-order valence-corrected chi connectivity index (χ1v) is 4.58. The Labute approximate surface area is 88.2 Å². The summed E-state index contributed by atoms with van der Waals surface area (Å²) in [6.45, 7) is 3.36. The van der Waals surface area contributed by atoms with Crippen molar-refractivity contribution in [2.75, 3.05) is 0 Å². The van der Waals surface area contributed by atoms with Crippen LogP contribution in [0.5, 0.6) is 0 Å². The van der Waals surface area contributed by atoms with E-state index < -0.39 is 4.92 Å². The summed E-state index contributed by atoms with van der Waals surface area (Å²) in [5.74, 6) is 0. The van der Waals surface area contributed by atoms with Crippen LogP contribution in [0.1, 0.15) is 11.3 Å². The maximum atomic E-state index is 10.6. The summed E-state index contributed by atoms with van der Waals surface area (Å²) in [6.07, 6.45) is 0. The maximum Gasteiger partial charge on any atom is 0.310 e. The highest BCUT2D eigenvalue weighted by Crippen LogP contribution is 2.32. The summed E-state index contributed by atoms with van der Waals surface area (Å²) in [4.78, 5) is 13.9. The highest BCUT2D eigenvalue weighted by atomic mass is 79.9. The van der Waals surface area contributed by atoms with Crippen LogP contribution in [0.15, 0.2) is 4.47 Å². The van der Waals surface area contributed by atoms with Gasteiger partial charge < -0.3 is 0 Å². The Bertz CT molecular complexity index is 381. The van der Waals surface area contributed by atoms with Crippen LogP contribution < -0.4 is 0 Å². The first kappa shape index (κ1) is 10.4. The summed E-state index contributed by atoms with van der Waals surface area (Å²) in [7, 11) is 0. The zero-order valence-corrected chi connectivity index (χ0v) is 9.31. The number of rotatable bonds is 1. The Kier molecular flexibility index (Phi) is 2.87. The molecule has 0 saturated carbocycles. The summed E-state index contributed by atoms with van der Waals surface area (Å²) in [6, 6.07) is 0. The molecule has 1 rings (SSSR count). The van der Waals surface area contributed by atoms with Crippen LogP contribution in [-0.4, -0.2) is 9.91 Å². The molecule has 1 aromatic rings. The first-order valence-electron chi connectivity index (χ1n) is 3.41. The molecule has 0 unspecified atom stereocenters. The van der Waals surface area contributed by atoms with E-state index in [1.165, 1.54) is 0 Å². The SMILES string of the molecule is Cc1nc(Cl)c([N+](=O)[O-])c(C)c1Br. The number of pyridine rings is 1. The number of aryl methyl sites for hydroxylation is 1. The number of aromatic nitrogens is 1. The van der Waals surface area contributed by atoms with E-state index in [4.69, 9.17) is 11.6 Å². The van der Waals surface area contributed by atoms with Crippen molar-refractivity contribution in [3.8, 4) is 0 Å². The topological polar surface area (TPSA) is 56.0 Å². The smallest absolute Gasteiger partial charge is 0.258 e. The van der Waals surface area contributed by atoms with Crippen molar-refractivity contribution in [2.24, 2.45) is 0 Å². The molecule has 0 aliphatic rings. The molecule has 0 aliphatic heterocycles. The van der Waals surface area contributed by atoms with E-state index in [2.05, 4.69) is 20.9 Å². The summed E-state index contributed by atoms with van der Waals surface area (Å²) >= 11 is 8.83. The van der Waals surface area contributed by atoms with Gasteiger partial charge in [-0.2, -0.15) is 0 Å². The minimum absolute atomic E-state index is 0.0665. The molecular weight excluding hydrogens is 259 g/mol. The monoisotopic (exact) mass is 264 g/mol. The average molecular weight is 265 g/mol. The first-order chi connectivity index (χ1) is 5.95. The Morgan fingerprint density at radius 1 is 1.54 bits per heavy atom. The van der Waals surface area contributed by atoms with Crippen molar-refractivity contribution in [3.63, 3.8) is 0 Å². The second-order valence-electron chi connectivity index (χ2n) is 2.53. The van der Waals surface area contributed by atoms with Crippen LogP contribution >= 0.6 is 27.5 Å². The normalized spacial score (nSPS) is 10.2. The van der Waals surface area contributed by atoms with Crippen LogP contribution in [0.25, 0.3) is 0 Å². The van der Waals surface area contributed by atoms with Gasteiger partial charge in [-0.05, 0) is 29.8 Å². The van der Waals surface area contributed by atoms with Gasteiger partial charge in [-0.3, -0.25) is 10.1 Å². The predicted molar refractivity (Wildman–Crippen MR) is 53.1 cm³/mol. The Hall–Kier alpha value is -0.680. The predicted octanol–water partition coefficient (Wildman–Crippen LogP) is 3.02. The molecule has 0 fully saturated rings. The van der Waals surface area contributed by atoms with Crippen LogP contribution in [0, 0.1) is 24.0 Å². The van der Waals surface area contributed by atoms with E-state index in [1.807, 2.05) is 0 Å². The number of nitro groups is 1. The molecule has 13 heavy (non-hydrogen) atoms. The molecule has 6 heteroatoms. The molecular formula is C7H6BrClN2O2. The third-order valence-corrected chi connectivity index (χ3v) is 3.08. The van der Waals surface area contributed by atoms with Gasteiger partial charge in [0.1, 0.15) is 0 Å². The van der Waals surface area contributed by atoms with Gasteiger partial charge in [0.05, 0.1) is 10.6 Å². The third-order valence-electron chi connectivity index (χ3n) is 1.65. The molecule has 0 radical (unpaired) electrons. The summed E-state index contributed by atoms with van der Waals surface area (Å²) in [5, 5.41) is 10.5. The van der Waals surface area contributed by atoms with E-state index >= 15 is 0 Å². The number of hydrogen-bond acceptors (Lipinski definition) is 3. The van der Waals surface area contributed by atoms with Crippen LogP contribution in [0.2, 0.25) is 5.15 Å². The van der Waals surface area contributed by atoms with E-state index in [0.717, 1.165) is 0 Å². The Balaban J connectivity index is 3.53. The van der Waals surface area contributed by atoms with Gasteiger partial charge in [0.25, 0.3) is 0 Å². The molecule has 0 amide bonds. The largest absolute Gasteiger partial charge is 0.310 e. The molecule has 0 N–H and O–H groups in total. The van der Waals surface area contributed by atoms with Gasteiger partial charge >= 0.3 is 5.69 Å². The van der Waals surface area contributed by atoms with Crippen molar-refractivity contribution < 1.29 is 4.92 Å². The fourth-order valence-corrected chi connectivity index (χ4v) is 1.61. The fourth-order valence-electron chi connectivity index (χ4n) is 0.992. The molecule has 0 aromatic carbocycles. The Morgan fingerprint density at radius 2 is 2.08 bits per heavy atom. The lowest BCUT2D eigenvalue weighted by Gasteiger charge is -2.03. The zero-order chi connectivity index (χ0) is 10.2. The molecule has 0 atom stereocenters. The fraction of sp³-hybridized carbons (Fsp3) is 0.286. The van der Waals surface area contributed by atoms with Gasteiger partial charge in [0.2, 0.25) is 5.15 Å². The van der Waals surface area contributed by atoms with Crippen molar-refractivity contribution in [1.82, 2.24) is 4.98 Å². The van der Waals surface area contributed by atoms with Crippen LogP contribution in [-0.2, 0) is 0 Å². The van der Waals surface area contributed by atoms with Crippen LogP contribution in [0.3, 0.4) is 0 Å². The van der Waals surface area contributed by atoms with Crippen molar-refractivity contribution in [1.29, 1.82) is 0 Å². The zero-order valence-electron chi connectivity index (χ0n) is 6.97. The number of halogens is 2. The maximum absolute atomic E-state index is 10.6. The minimum atomic E-state index is -0.533. The van der Waals surface area contributed by atoms with E-state index in [1.54, 1.807) is 13.8 Å². The van der Waals surface area contributed by atoms with Gasteiger partial charge in [0, 0.05) is 10.0 Å². The van der Waals surface area contributed by atoms with Crippen molar-refractivity contribution >= 4 is 33.2 Å². The second kappa shape index (κ2) is 3.59. The van der Waals surface area contributed by atoms with Crippen LogP contribution in [0.4, 0.5) is 5.69 Å². The lowest BCUT2D eigenvalue weighted by Crippen LogP contribution is -1.98. The standard InChI is InChI=1S/C7H6BrClN2O2/c1-3-5(8)4(2)10-7(9)6(3)11(12)13/h1-2H3. The molecule has 0 aliphatic carbocycles. The second-order valence-corrected chi connectivity index (χ2v) is 3.68. The molecule has 1 heterocycles. The average Bonchev–Trinajstić information content (AvgIpc) is 1.99. The van der Waals surface area contributed by atoms with E-state index in [0.29, 0.717) is 15.7 Å². The lowest BCUT2D eigenvalue weighted by molar-refractivity contribution is -0.385. The van der Waals surface area contributed by atoms with Gasteiger partial charge in [-0.15, -0.1) is 0 Å². The molecule has 0 bridgehead atoms. The minimum Gasteiger partial charge on any atom is -0.258 e. The summed E-state index contributed by atoms with van der Waals surface area (Å²) < 4.78 is 0.628. The van der Waals surface area contributed by atoms with Gasteiger partial charge in [-0.25, -0.2) is 4.98 Å². The van der Waals surface area contributed by atoms with Crippen molar-refractivity contribution in [3.05, 3.63) is 31.0 Å². The third kappa shape index (κ3) is 1.81. The molecule has 0 spiro atoms. The van der Waals surface area contributed by atoms with E-state index in [9.17, 15) is 10.1 Å². The highest BCUT2D eigenvalue weighted by molar-refractivity contribution is 9.10. The van der Waals surface area contributed by atoms with Crippen molar-refractivity contribution in [2.45, 2.75) is 13.8 Å². The molecule has 0 saturated heterocycles. The number of nitrogens with zero attached hydrogens (tertiary/aromatic N) is 2. The Morgan fingerprint density at radius 3 is 2.54 bits per heavy atom. The summed E-state index contributed by atoms with van der Waals surface area (Å²) in [5.41, 5.74) is 1.01. The lowest BCUT2D eigenvalue weighted by atomic mass is 10.2. The molecule has 70 valence electrons. The van der Waals surface area contributed by atoms with Gasteiger partial charge in [0.15, 0.2) is 0 Å². The van der Waals surface area contributed by atoms with E-state index in [-0.39, 0.29) is 10.8 Å². The highest BCUT2D eigenvalue weighted by Gasteiger charge is 2.21.